The Hall–Kier alpha value is -0.420. The topological polar surface area (TPSA) is 39.2 Å². The van der Waals surface area contributed by atoms with Crippen LogP contribution >= 0.6 is 27.5 Å². The lowest BCUT2D eigenvalue weighted by atomic mass is 10.7. The van der Waals surface area contributed by atoms with E-state index in [2.05, 4.69) is 20.3 Å². The van der Waals surface area contributed by atoms with Gasteiger partial charge in [0.1, 0.15) is 5.33 Å². The molecule has 3 nitrogen and oxygen atoms in total. The van der Waals surface area contributed by atoms with Crippen LogP contribution in [0.5, 0.6) is 5.88 Å². The van der Waals surface area contributed by atoms with Crippen molar-refractivity contribution in [2.24, 2.45) is 0 Å². The van der Waals surface area contributed by atoms with E-state index in [-0.39, 0.29) is 11.3 Å². The number of rotatable bonds is 2. The number of hydrogen-bond acceptors (Lipinski definition) is 4. The van der Waals surface area contributed by atoms with Gasteiger partial charge in [-0.1, -0.05) is 15.9 Å². The standard InChI is InChI=1S/C5H4BrNO2S/c6-3-5(8)9-4-1-2-10-7-4/h1-2H,3H2. The summed E-state index contributed by atoms with van der Waals surface area (Å²) in [4.78, 5) is 10.6. The summed E-state index contributed by atoms with van der Waals surface area (Å²) in [5.74, 6) is 0.0420. The SMILES string of the molecule is O=C(CBr)Oc1ccsn1. The van der Waals surface area contributed by atoms with Crippen LogP contribution in [0.1, 0.15) is 0 Å². The zero-order valence-corrected chi connectivity index (χ0v) is 7.31. The lowest BCUT2D eigenvalue weighted by Gasteiger charge is -1.93. The number of carbonyl (C=O) groups is 1. The summed E-state index contributed by atoms with van der Waals surface area (Å²) in [5.41, 5.74) is 0. The van der Waals surface area contributed by atoms with Gasteiger partial charge < -0.3 is 4.74 Å². The molecule has 1 aromatic heterocycles. The summed E-state index contributed by atoms with van der Waals surface area (Å²) in [5, 5.41) is 1.95. The monoisotopic (exact) mass is 221 g/mol. The maximum atomic E-state index is 10.6. The Bertz CT molecular complexity index is 211. The van der Waals surface area contributed by atoms with E-state index in [1.54, 1.807) is 11.4 Å². The zero-order chi connectivity index (χ0) is 7.40. The van der Waals surface area contributed by atoms with Crippen LogP contribution in [0.3, 0.4) is 0 Å². The smallest absolute Gasteiger partial charge is 0.323 e. The van der Waals surface area contributed by atoms with Gasteiger partial charge in [-0.3, -0.25) is 4.79 Å². The Balaban J connectivity index is 2.48. The Morgan fingerprint density at radius 3 is 3.20 bits per heavy atom. The van der Waals surface area contributed by atoms with Crippen LogP contribution in [0.25, 0.3) is 0 Å². The van der Waals surface area contributed by atoms with Crippen LogP contribution in [0.4, 0.5) is 0 Å². The van der Waals surface area contributed by atoms with Crippen molar-refractivity contribution in [2.45, 2.75) is 0 Å². The van der Waals surface area contributed by atoms with E-state index < -0.39 is 0 Å². The van der Waals surface area contributed by atoms with Crippen molar-refractivity contribution in [1.82, 2.24) is 4.37 Å². The molecule has 0 saturated carbocycles. The Kier molecular flexibility index (Phi) is 2.82. The van der Waals surface area contributed by atoms with Gasteiger partial charge >= 0.3 is 5.97 Å². The average molecular weight is 222 g/mol. The molecule has 5 heteroatoms. The van der Waals surface area contributed by atoms with Crippen molar-refractivity contribution in [3.63, 3.8) is 0 Å². The van der Waals surface area contributed by atoms with Crippen molar-refractivity contribution in [3.05, 3.63) is 11.4 Å². The van der Waals surface area contributed by atoms with Crippen molar-refractivity contribution in [3.8, 4) is 5.88 Å². The first-order valence-corrected chi connectivity index (χ1v) is 4.46. The summed E-state index contributed by atoms with van der Waals surface area (Å²) in [7, 11) is 0. The highest BCUT2D eigenvalue weighted by molar-refractivity contribution is 9.09. The van der Waals surface area contributed by atoms with E-state index in [0.29, 0.717) is 5.88 Å². The van der Waals surface area contributed by atoms with E-state index >= 15 is 0 Å². The largest absolute Gasteiger partial charge is 0.406 e. The molecule has 0 saturated heterocycles. The van der Waals surface area contributed by atoms with Crippen molar-refractivity contribution >= 4 is 33.4 Å². The molecule has 1 heterocycles. The van der Waals surface area contributed by atoms with E-state index in [1.165, 1.54) is 11.5 Å². The Morgan fingerprint density at radius 2 is 2.70 bits per heavy atom. The normalized spacial score (nSPS) is 9.30. The molecule has 0 fully saturated rings. The molecule has 1 aromatic rings. The maximum Gasteiger partial charge on any atom is 0.323 e. The average Bonchev–Trinajstić information content (AvgIpc) is 2.40. The highest BCUT2D eigenvalue weighted by atomic mass is 79.9. The number of ether oxygens (including phenoxy) is 1. The van der Waals surface area contributed by atoms with Crippen LogP contribution in [0, 0.1) is 0 Å². The fourth-order valence-electron chi connectivity index (χ4n) is 0.398. The van der Waals surface area contributed by atoms with E-state index in [4.69, 9.17) is 4.74 Å². The first kappa shape index (κ1) is 7.68. The second-order valence-electron chi connectivity index (χ2n) is 1.45. The highest BCUT2D eigenvalue weighted by Gasteiger charge is 2.01. The fourth-order valence-corrected chi connectivity index (χ4v) is 0.953. The van der Waals surface area contributed by atoms with Gasteiger partial charge in [0, 0.05) is 11.4 Å². The van der Waals surface area contributed by atoms with Gasteiger partial charge in [0.15, 0.2) is 0 Å². The third-order valence-electron chi connectivity index (χ3n) is 0.742. The van der Waals surface area contributed by atoms with Gasteiger partial charge in [-0.2, -0.15) is 4.37 Å². The van der Waals surface area contributed by atoms with Gasteiger partial charge in [-0.05, 0) is 11.5 Å². The number of aromatic nitrogens is 1. The third-order valence-corrected chi connectivity index (χ3v) is 1.74. The molecule has 0 atom stereocenters. The van der Waals surface area contributed by atoms with Gasteiger partial charge in [-0.15, -0.1) is 0 Å². The summed E-state index contributed by atoms with van der Waals surface area (Å²) < 4.78 is 8.50. The molecule has 0 aliphatic carbocycles. The Morgan fingerprint density at radius 1 is 1.90 bits per heavy atom. The maximum absolute atomic E-state index is 10.6. The molecule has 0 unspecified atom stereocenters. The predicted octanol–water partition coefficient (Wildman–Crippen LogP) is 1.44. The first-order valence-electron chi connectivity index (χ1n) is 2.50. The molecule has 10 heavy (non-hydrogen) atoms. The Labute approximate surface area is 70.3 Å². The lowest BCUT2D eigenvalue weighted by molar-refractivity contribution is -0.131. The van der Waals surface area contributed by atoms with E-state index in [9.17, 15) is 4.79 Å². The van der Waals surface area contributed by atoms with E-state index in [0.717, 1.165) is 0 Å². The van der Waals surface area contributed by atoms with Crippen molar-refractivity contribution < 1.29 is 9.53 Å². The lowest BCUT2D eigenvalue weighted by Crippen LogP contribution is -2.08. The third kappa shape index (κ3) is 2.07. The minimum Gasteiger partial charge on any atom is -0.406 e. The van der Waals surface area contributed by atoms with Crippen LogP contribution in [0.2, 0.25) is 0 Å². The van der Waals surface area contributed by atoms with Crippen LogP contribution in [-0.2, 0) is 4.79 Å². The number of alkyl halides is 1. The van der Waals surface area contributed by atoms with E-state index in [1.807, 2.05) is 0 Å². The number of nitrogens with zero attached hydrogens (tertiary/aromatic N) is 1. The van der Waals surface area contributed by atoms with Gasteiger partial charge in [0.05, 0.1) is 0 Å². The minimum absolute atomic E-state index is 0.199. The molecule has 0 aromatic carbocycles. The second kappa shape index (κ2) is 3.68. The van der Waals surface area contributed by atoms with Gasteiger partial charge in [0.2, 0.25) is 5.88 Å². The highest BCUT2D eigenvalue weighted by Crippen LogP contribution is 2.08. The first-order chi connectivity index (χ1) is 4.83. The molecular formula is C5H4BrNO2S. The summed E-state index contributed by atoms with van der Waals surface area (Å²) in [6.45, 7) is 0. The van der Waals surface area contributed by atoms with Crippen molar-refractivity contribution in [2.75, 3.05) is 5.33 Å². The molecule has 0 N–H and O–H groups in total. The molecule has 0 amide bonds. The quantitative estimate of drug-likeness (QED) is 0.561. The van der Waals surface area contributed by atoms with Gasteiger partial charge in [0.25, 0.3) is 0 Å². The van der Waals surface area contributed by atoms with Gasteiger partial charge in [-0.25, -0.2) is 0 Å². The van der Waals surface area contributed by atoms with Crippen molar-refractivity contribution in [1.29, 1.82) is 0 Å². The predicted molar refractivity (Wildman–Crippen MR) is 41.5 cm³/mol. The molecular weight excluding hydrogens is 218 g/mol. The van der Waals surface area contributed by atoms with Crippen LogP contribution in [0.15, 0.2) is 11.4 Å². The second-order valence-corrected chi connectivity index (χ2v) is 2.67. The summed E-state index contributed by atoms with van der Waals surface area (Å²) >= 11 is 4.21. The molecule has 1 rings (SSSR count). The minimum atomic E-state index is -0.328. The molecule has 0 spiro atoms. The number of esters is 1. The molecule has 0 aliphatic rings. The summed E-state index contributed by atoms with van der Waals surface area (Å²) in [6.07, 6.45) is 0. The zero-order valence-electron chi connectivity index (χ0n) is 4.91. The number of halogens is 1. The summed E-state index contributed by atoms with van der Waals surface area (Å²) in [6, 6.07) is 1.64. The number of carbonyl (C=O) groups excluding carboxylic acids is 1. The molecule has 0 bridgehead atoms. The number of hydrogen-bond donors (Lipinski definition) is 0. The van der Waals surface area contributed by atoms with Crippen LogP contribution in [-0.4, -0.2) is 15.7 Å². The fraction of sp³-hybridized carbons (Fsp3) is 0.200. The molecule has 0 aliphatic heterocycles. The molecule has 0 radical (unpaired) electrons. The molecule has 54 valence electrons. The van der Waals surface area contributed by atoms with Crippen LogP contribution < -0.4 is 4.74 Å².